The van der Waals surface area contributed by atoms with Gasteiger partial charge < -0.3 is 89.9 Å². The summed E-state index contributed by atoms with van der Waals surface area (Å²) in [6.07, 6.45) is 59.3. The lowest BCUT2D eigenvalue weighted by molar-refractivity contribution is -0.379. The molecule has 3 aliphatic rings. The summed E-state index contributed by atoms with van der Waals surface area (Å²) >= 11 is 0. The molecule has 0 aromatic heterocycles. The zero-order valence-electron chi connectivity index (χ0n) is 62.8. The second kappa shape index (κ2) is 62.5. The summed E-state index contributed by atoms with van der Waals surface area (Å²) in [7, 11) is 0. The molecule has 3 rings (SSSR count). The van der Waals surface area contributed by atoms with Gasteiger partial charge in [-0.2, -0.15) is 0 Å². The minimum atomic E-state index is -1.98. The quantitative estimate of drug-likeness (QED) is 0.0199. The number of hydrogen-bond donors (Lipinski definition) is 12. The van der Waals surface area contributed by atoms with Crippen LogP contribution in [0.4, 0.5) is 0 Å². The summed E-state index contributed by atoms with van der Waals surface area (Å²) in [5.41, 5.74) is 0. The second-order valence-corrected chi connectivity index (χ2v) is 28.1. The Morgan fingerprint density at radius 3 is 1.06 bits per heavy atom. The smallest absolute Gasteiger partial charge is 0.220 e. The number of amides is 1. The molecule has 0 bridgehead atoms. The first kappa shape index (κ1) is 92.7. The summed E-state index contributed by atoms with van der Waals surface area (Å²) in [6, 6.07) is -0.980. The van der Waals surface area contributed by atoms with Gasteiger partial charge in [0.2, 0.25) is 5.91 Å². The van der Waals surface area contributed by atoms with E-state index in [1.54, 1.807) is 6.08 Å². The lowest BCUT2D eigenvalue weighted by atomic mass is 9.96. The van der Waals surface area contributed by atoms with E-state index in [4.69, 9.17) is 28.4 Å². The topological polar surface area (TPSA) is 307 Å². The molecule has 1 amide bonds. The predicted molar refractivity (Wildman–Crippen MR) is 406 cm³/mol. The number of unbranched alkanes of at least 4 members (excludes halogenated alkanes) is 30. The summed E-state index contributed by atoms with van der Waals surface area (Å²) in [6.45, 7) is 1.63. The van der Waals surface area contributed by atoms with Gasteiger partial charge in [-0.25, -0.2) is 0 Å². The second-order valence-electron chi connectivity index (χ2n) is 28.1. The molecule has 0 saturated carbocycles. The van der Waals surface area contributed by atoms with E-state index >= 15 is 0 Å². The fourth-order valence-electron chi connectivity index (χ4n) is 12.9. The zero-order valence-corrected chi connectivity index (χ0v) is 62.8. The van der Waals surface area contributed by atoms with Crippen molar-refractivity contribution in [1.29, 1.82) is 0 Å². The largest absolute Gasteiger partial charge is 0.394 e. The third-order valence-corrected chi connectivity index (χ3v) is 19.3. The molecule has 0 spiro atoms. The zero-order chi connectivity index (χ0) is 73.9. The molecule has 3 heterocycles. The monoisotopic (exact) mass is 1440 g/mol. The van der Waals surface area contributed by atoms with Gasteiger partial charge in [0.25, 0.3) is 0 Å². The van der Waals surface area contributed by atoms with Crippen molar-refractivity contribution in [2.24, 2.45) is 0 Å². The maximum atomic E-state index is 13.5. The van der Waals surface area contributed by atoms with Crippen molar-refractivity contribution in [2.45, 2.75) is 381 Å². The van der Waals surface area contributed by atoms with Crippen molar-refractivity contribution in [3.8, 4) is 0 Å². The molecule has 19 heteroatoms. The number of carbonyl (C=O) groups is 1. The Balaban J connectivity index is 1.33. The number of rotatable bonds is 62. The van der Waals surface area contributed by atoms with Crippen molar-refractivity contribution in [3.05, 3.63) is 109 Å². The van der Waals surface area contributed by atoms with Gasteiger partial charge in [-0.05, 0) is 83.5 Å². The normalized spacial score (nSPS) is 26.8. The number of hydrogen-bond acceptors (Lipinski definition) is 18. The van der Waals surface area contributed by atoms with Gasteiger partial charge in [-0.15, -0.1) is 0 Å². The molecule has 19 nitrogen and oxygen atoms in total. The lowest BCUT2D eigenvalue weighted by Gasteiger charge is -2.48. The number of aliphatic hydroxyl groups is 11. The van der Waals surface area contributed by atoms with E-state index in [1.807, 2.05) is 6.08 Å². The van der Waals surface area contributed by atoms with E-state index < -0.39 is 124 Å². The summed E-state index contributed by atoms with van der Waals surface area (Å²) < 4.78 is 34.4. The number of nitrogens with one attached hydrogen (secondary N) is 1. The molecule has 0 radical (unpaired) electrons. The molecular weight excluding hydrogens is 1300 g/mol. The molecule has 588 valence electrons. The number of aliphatic hydroxyl groups excluding tert-OH is 11. The van der Waals surface area contributed by atoms with E-state index in [2.05, 4.69) is 116 Å². The molecular formula is C83H143NO18. The van der Waals surface area contributed by atoms with Gasteiger partial charge in [0, 0.05) is 6.42 Å². The van der Waals surface area contributed by atoms with Crippen LogP contribution in [-0.4, -0.2) is 193 Å². The van der Waals surface area contributed by atoms with Gasteiger partial charge in [0.05, 0.1) is 38.6 Å². The van der Waals surface area contributed by atoms with Crippen molar-refractivity contribution in [3.63, 3.8) is 0 Å². The van der Waals surface area contributed by atoms with E-state index in [1.165, 1.54) is 148 Å². The van der Waals surface area contributed by atoms with Gasteiger partial charge in [-0.1, -0.05) is 297 Å². The Labute approximate surface area is 615 Å². The van der Waals surface area contributed by atoms with Gasteiger partial charge >= 0.3 is 0 Å². The molecule has 0 aromatic carbocycles. The molecule has 0 aliphatic carbocycles. The van der Waals surface area contributed by atoms with Crippen molar-refractivity contribution < 1.29 is 89.4 Å². The maximum absolute atomic E-state index is 13.5. The highest BCUT2D eigenvalue weighted by Crippen LogP contribution is 2.33. The lowest BCUT2D eigenvalue weighted by Crippen LogP contribution is -2.66. The van der Waals surface area contributed by atoms with Gasteiger partial charge in [0.1, 0.15) is 73.2 Å². The molecule has 17 unspecified atom stereocenters. The Morgan fingerprint density at radius 1 is 0.363 bits per heavy atom. The predicted octanol–water partition coefficient (Wildman–Crippen LogP) is 13.3. The third-order valence-electron chi connectivity index (χ3n) is 19.3. The Morgan fingerprint density at radius 2 is 0.676 bits per heavy atom. The Kier molecular flexibility index (Phi) is 56.8. The highest BCUT2D eigenvalue weighted by atomic mass is 16.8. The summed E-state index contributed by atoms with van der Waals surface area (Å²) in [4.78, 5) is 13.5. The van der Waals surface area contributed by atoms with Crippen LogP contribution in [0.1, 0.15) is 277 Å². The number of allylic oxidation sites excluding steroid dienone is 17. The van der Waals surface area contributed by atoms with E-state index in [0.29, 0.717) is 6.42 Å². The molecule has 0 aromatic rings. The maximum Gasteiger partial charge on any atom is 0.220 e. The van der Waals surface area contributed by atoms with Gasteiger partial charge in [-0.3, -0.25) is 4.79 Å². The van der Waals surface area contributed by atoms with Crippen LogP contribution < -0.4 is 5.32 Å². The first-order valence-corrected chi connectivity index (χ1v) is 40.1. The van der Waals surface area contributed by atoms with Crippen molar-refractivity contribution in [1.82, 2.24) is 5.32 Å². The Hall–Kier alpha value is -3.55. The minimum absolute atomic E-state index is 0.238. The van der Waals surface area contributed by atoms with Crippen LogP contribution in [0.3, 0.4) is 0 Å². The first-order valence-electron chi connectivity index (χ1n) is 40.1. The van der Waals surface area contributed by atoms with E-state index in [-0.39, 0.29) is 18.9 Å². The van der Waals surface area contributed by atoms with Crippen LogP contribution in [-0.2, 0) is 33.2 Å². The molecule has 3 fully saturated rings. The van der Waals surface area contributed by atoms with Crippen LogP contribution in [0.5, 0.6) is 0 Å². The SMILES string of the molecule is CC/C=C\C/C=C\C/C=C\C/C=C\C/C=C\C/C=C\C/C=C\C/C=C\CCCCCCCCCCCCCCCCC(=O)NC(COC1OC(CO)C(OC2OC(CO)C(OC3OC(CO)C(O)C(O)C3O)C(O)C2O)C(O)C1O)C(O)/C=C/CCCCCCCCCCCCCCCCCC. The number of ether oxygens (including phenoxy) is 6. The minimum Gasteiger partial charge on any atom is -0.394 e. The molecule has 102 heavy (non-hydrogen) atoms. The van der Waals surface area contributed by atoms with Crippen LogP contribution >= 0.6 is 0 Å². The average molecular weight is 1440 g/mol. The van der Waals surface area contributed by atoms with E-state index in [9.17, 15) is 61.0 Å². The molecule has 3 aliphatic heterocycles. The number of carbonyl (C=O) groups excluding carboxylic acids is 1. The third kappa shape index (κ3) is 42.1. The van der Waals surface area contributed by atoms with Crippen LogP contribution in [0.2, 0.25) is 0 Å². The standard InChI is InChI=1S/C83H143NO18/c1-3-5-7-9-11-13-15-17-19-21-23-24-25-26-27-28-29-30-31-32-33-34-35-36-37-38-39-40-41-42-43-45-47-49-51-53-55-57-59-61-71(89)84-66(67(88)60-58-56-54-52-50-48-46-44-22-20-18-16-14-12-10-8-6-4-2)65-97-81-77(95)74(92)79(69(63-86)99-81)102-83-78(96)75(93)80(70(64-87)100-83)101-82-76(94)73(91)72(90)68(62-85)98-82/h5,7,11,13,17,19,23-24,26-27,29-30,32-33,35-36,58,60,66-70,72-83,85-88,90-96H,3-4,6,8-10,12,14-16,18,20-22,25,28,31,34,37-57,59,61-65H2,1-2H3,(H,84,89)/b7-5-,13-11-,19-17-,24-23-,27-26-,30-29-,33-32-,36-35-,60-58+. The molecule has 17 atom stereocenters. The fourth-order valence-corrected chi connectivity index (χ4v) is 12.9. The van der Waals surface area contributed by atoms with Crippen LogP contribution in [0.15, 0.2) is 109 Å². The van der Waals surface area contributed by atoms with Crippen LogP contribution in [0, 0.1) is 0 Å². The van der Waals surface area contributed by atoms with Crippen LogP contribution in [0.25, 0.3) is 0 Å². The van der Waals surface area contributed by atoms with Crippen molar-refractivity contribution >= 4 is 5.91 Å². The van der Waals surface area contributed by atoms with Gasteiger partial charge in [0.15, 0.2) is 18.9 Å². The van der Waals surface area contributed by atoms with Crippen molar-refractivity contribution in [2.75, 3.05) is 26.4 Å². The summed E-state index contributed by atoms with van der Waals surface area (Å²) in [5.74, 6) is -0.278. The molecule has 12 N–H and O–H groups in total. The highest BCUT2D eigenvalue weighted by Gasteiger charge is 2.54. The average Bonchev–Trinajstić information content (AvgIpc) is 0.781. The first-order chi connectivity index (χ1) is 49.8. The fraction of sp³-hybridized carbons (Fsp3) is 0.771. The van der Waals surface area contributed by atoms with E-state index in [0.717, 1.165) is 103 Å². The Bertz CT molecular complexity index is 2270. The summed E-state index contributed by atoms with van der Waals surface area (Å²) in [5, 5.41) is 121. The molecule has 3 saturated heterocycles. The highest BCUT2D eigenvalue weighted by molar-refractivity contribution is 5.76.